The molecule has 0 saturated carbocycles. The second kappa shape index (κ2) is 3.56. The maximum atomic E-state index is 14.2. The molecule has 0 aromatic rings. The van der Waals surface area contributed by atoms with Crippen LogP contribution in [0.2, 0.25) is 0 Å². The van der Waals surface area contributed by atoms with Crippen molar-refractivity contribution in [2.45, 2.75) is 45.1 Å². The SMILES string of the molecule is CC1=C(C)C2(CCN(C)CC2F)OC1C. The standard InChI is InChI=1S/C12H20FNO/c1-8-9(2)12(15-10(8)3)5-6-14(4)7-11(12)13/h10-11H,5-7H2,1-4H3. The Morgan fingerprint density at radius 2 is 2.13 bits per heavy atom. The Bertz CT molecular complexity index is 302. The zero-order chi connectivity index (χ0) is 11.2. The van der Waals surface area contributed by atoms with Gasteiger partial charge in [0.2, 0.25) is 0 Å². The Morgan fingerprint density at radius 3 is 2.60 bits per heavy atom. The van der Waals surface area contributed by atoms with Gasteiger partial charge in [-0.3, -0.25) is 0 Å². The lowest BCUT2D eigenvalue weighted by Crippen LogP contribution is -2.53. The van der Waals surface area contributed by atoms with E-state index in [1.54, 1.807) is 0 Å². The van der Waals surface area contributed by atoms with Crippen LogP contribution in [0.1, 0.15) is 27.2 Å². The molecule has 2 rings (SSSR count). The maximum Gasteiger partial charge on any atom is 0.145 e. The second-order valence-corrected chi connectivity index (χ2v) is 4.94. The molecule has 2 nitrogen and oxygen atoms in total. The van der Waals surface area contributed by atoms with Gasteiger partial charge in [0.25, 0.3) is 0 Å². The lowest BCUT2D eigenvalue weighted by Gasteiger charge is -2.41. The number of halogens is 1. The van der Waals surface area contributed by atoms with E-state index in [2.05, 4.69) is 6.92 Å². The molecule has 2 aliphatic rings. The van der Waals surface area contributed by atoms with Crippen LogP contribution in [0.15, 0.2) is 11.1 Å². The summed E-state index contributed by atoms with van der Waals surface area (Å²) < 4.78 is 20.1. The third-order valence-corrected chi connectivity index (χ3v) is 4.07. The molecule has 1 spiro atoms. The van der Waals surface area contributed by atoms with E-state index in [0.717, 1.165) is 18.5 Å². The minimum absolute atomic E-state index is 0.0756. The van der Waals surface area contributed by atoms with Crippen molar-refractivity contribution in [3.63, 3.8) is 0 Å². The Hall–Kier alpha value is -0.410. The molecule has 0 aliphatic carbocycles. The van der Waals surface area contributed by atoms with Gasteiger partial charge < -0.3 is 9.64 Å². The van der Waals surface area contributed by atoms with Crippen LogP contribution < -0.4 is 0 Å². The molecule has 3 unspecified atom stereocenters. The number of hydrogen-bond acceptors (Lipinski definition) is 2. The van der Waals surface area contributed by atoms with Gasteiger partial charge in [0.05, 0.1) is 6.10 Å². The van der Waals surface area contributed by atoms with Crippen molar-refractivity contribution in [1.29, 1.82) is 0 Å². The molecule has 86 valence electrons. The van der Waals surface area contributed by atoms with Gasteiger partial charge in [0.1, 0.15) is 11.8 Å². The van der Waals surface area contributed by atoms with Crippen molar-refractivity contribution in [2.75, 3.05) is 20.1 Å². The van der Waals surface area contributed by atoms with Crippen LogP contribution in [0, 0.1) is 0 Å². The Kier molecular flexibility index (Phi) is 2.63. The summed E-state index contributed by atoms with van der Waals surface area (Å²) >= 11 is 0. The fourth-order valence-corrected chi connectivity index (χ4v) is 2.71. The maximum absolute atomic E-state index is 14.2. The van der Waals surface area contributed by atoms with E-state index in [0.29, 0.717) is 6.54 Å². The summed E-state index contributed by atoms with van der Waals surface area (Å²) in [7, 11) is 1.96. The molecule has 0 bridgehead atoms. The molecule has 3 atom stereocenters. The van der Waals surface area contributed by atoms with Gasteiger partial charge >= 0.3 is 0 Å². The number of hydrogen-bond donors (Lipinski definition) is 0. The van der Waals surface area contributed by atoms with Gasteiger partial charge in [-0.05, 0) is 45.4 Å². The Labute approximate surface area is 91.1 Å². The first kappa shape index (κ1) is 11.1. The molecule has 1 fully saturated rings. The van der Waals surface area contributed by atoms with E-state index in [4.69, 9.17) is 4.74 Å². The van der Waals surface area contributed by atoms with Crippen molar-refractivity contribution in [3.05, 3.63) is 11.1 Å². The fourth-order valence-electron chi connectivity index (χ4n) is 2.71. The van der Waals surface area contributed by atoms with E-state index in [9.17, 15) is 4.39 Å². The first-order chi connectivity index (χ1) is 6.97. The van der Waals surface area contributed by atoms with Crippen molar-refractivity contribution in [1.82, 2.24) is 4.90 Å². The predicted octanol–water partition coefficient (Wildman–Crippen LogP) is 2.15. The Balaban J connectivity index is 2.29. The summed E-state index contributed by atoms with van der Waals surface area (Å²) in [6, 6.07) is 0. The summed E-state index contributed by atoms with van der Waals surface area (Å²) in [5.41, 5.74) is 1.72. The number of likely N-dealkylation sites (tertiary alicyclic amines) is 1. The molecule has 15 heavy (non-hydrogen) atoms. The van der Waals surface area contributed by atoms with Gasteiger partial charge in [-0.25, -0.2) is 4.39 Å². The summed E-state index contributed by atoms with van der Waals surface area (Å²) in [6.07, 6.45) is -0.0409. The molecule has 2 heterocycles. The quantitative estimate of drug-likeness (QED) is 0.572. The molecule has 0 radical (unpaired) electrons. The van der Waals surface area contributed by atoms with E-state index < -0.39 is 11.8 Å². The van der Waals surface area contributed by atoms with E-state index in [1.165, 1.54) is 5.57 Å². The van der Waals surface area contributed by atoms with Crippen molar-refractivity contribution >= 4 is 0 Å². The normalized spacial score (nSPS) is 43.0. The average Bonchev–Trinajstić information content (AvgIpc) is 2.39. The topological polar surface area (TPSA) is 12.5 Å². The summed E-state index contributed by atoms with van der Waals surface area (Å²) in [6.45, 7) is 7.49. The lowest BCUT2D eigenvalue weighted by atomic mass is 9.83. The highest BCUT2D eigenvalue weighted by Crippen LogP contribution is 2.43. The zero-order valence-corrected chi connectivity index (χ0v) is 10.0. The van der Waals surface area contributed by atoms with Crippen LogP contribution in [0.25, 0.3) is 0 Å². The molecule has 0 aromatic carbocycles. The van der Waals surface area contributed by atoms with Gasteiger partial charge in [0.15, 0.2) is 0 Å². The summed E-state index contributed by atoms with van der Waals surface area (Å²) in [5.74, 6) is 0. The molecule has 0 aromatic heterocycles. The Morgan fingerprint density at radius 1 is 1.47 bits per heavy atom. The van der Waals surface area contributed by atoms with E-state index in [1.807, 2.05) is 25.8 Å². The van der Waals surface area contributed by atoms with E-state index >= 15 is 0 Å². The van der Waals surface area contributed by atoms with Crippen molar-refractivity contribution < 1.29 is 9.13 Å². The van der Waals surface area contributed by atoms with Crippen LogP contribution in [-0.2, 0) is 4.74 Å². The zero-order valence-electron chi connectivity index (χ0n) is 10.0. The molecular formula is C12H20FNO. The molecule has 3 heteroatoms. The highest BCUT2D eigenvalue weighted by Gasteiger charge is 2.50. The van der Waals surface area contributed by atoms with Gasteiger partial charge in [0, 0.05) is 13.1 Å². The third kappa shape index (κ3) is 1.53. The first-order valence-electron chi connectivity index (χ1n) is 5.65. The monoisotopic (exact) mass is 213 g/mol. The van der Waals surface area contributed by atoms with Crippen molar-refractivity contribution in [3.8, 4) is 0 Å². The van der Waals surface area contributed by atoms with E-state index in [-0.39, 0.29) is 6.10 Å². The molecule has 0 N–H and O–H groups in total. The minimum Gasteiger partial charge on any atom is -0.360 e. The lowest BCUT2D eigenvalue weighted by molar-refractivity contribution is -0.105. The number of nitrogens with zero attached hydrogens (tertiary/aromatic N) is 1. The van der Waals surface area contributed by atoms with Gasteiger partial charge in [-0.1, -0.05) is 0 Å². The summed E-state index contributed by atoms with van der Waals surface area (Å²) in [5, 5.41) is 0. The second-order valence-electron chi connectivity index (χ2n) is 4.94. The third-order valence-electron chi connectivity index (χ3n) is 4.07. The number of rotatable bonds is 0. The predicted molar refractivity (Wildman–Crippen MR) is 58.7 cm³/mol. The highest BCUT2D eigenvalue weighted by molar-refractivity contribution is 5.32. The minimum atomic E-state index is -0.892. The van der Waals surface area contributed by atoms with Crippen LogP contribution in [0.4, 0.5) is 4.39 Å². The highest BCUT2D eigenvalue weighted by atomic mass is 19.1. The van der Waals surface area contributed by atoms with Crippen LogP contribution >= 0.6 is 0 Å². The van der Waals surface area contributed by atoms with Crippen LogP contribution in [0.3, 0.4) is 0 Å². The largest absolute Gasteiger partial charge is 0.360 e. The first-order valence-corrected chi connectivity index (χ1v) is 5.65. The van der Waals surface area contributed by atoms with Gasteiger partial charge in [-0.15, -0.1) is 0 Å². The fraction of sp³-hybridized carbons (Fsp3) is 0.833. The van der Waals surface area contributed by atoms with Crippen LogP contribution in [-0.4, -0.2) is 42.9 Å². The van der Waals surface area contributed by atoms with Gasteiger partial charge in [-0.2, -0.15) is 0 Å². The smallest absolute Gasteiger partial charge is 0.145 e. The summed E-state index contributed by atoms with van der Waals surface area (Å²) in [4.78, 5) is 2.03. The molecular weight excluding hydrogens is 193 g/mol. The number of alkyl halides is 1. The molecule has 0 amide bonds. The average molecular weight is 213 g/mol. The molecule has 2 aliphatic heterocycles. The van der Waals surface area contributed by atoms with Crippen LogP contribution in [0.5, 0.6) is 0 Å². The van der Waals surface area contributed by atoms with Crippen molar-refractivity contribution in [2.24, 2.45) is 0 Å². The molecule has 1 saturated heterocycles. The number of ether oxygens (including phenoxy) is 1. The number of piperidine rings is 1.